The lowest BCUT2D eigenvalue weighted by molar-refractivity contribution is -0.145. The third-order valence-corrected chi connectivity index (χ3v) is 3.96. The Kier molecular flexibility index (Phi) is 4.86. The number of hydrogen-bond acceptors (Lipinski definition) is 3. The average Bonchev–Trinajstić information content (AvgIpc) is 3.42. The number of ether oxygens (including phenoxy) is 1. The topological polar surface area (TPSA) is 38.7 Å². The molecule has 3 rings (SSSR count). The number of aliphatic imine (C=N–C) groups is 1. The van der Waals surface area contributed by atoms with E-state index in [1.807, 2.05) is 67.6 Å². The molecular weight excluding hydrogens is 286 g/mol. The fourth-order valence-corrected chi connectivity index (χ4v) is 2.64. The lowest BCUT2D eigenvalue weighted by atomic mass is 10.0. The van der Waals surface area contributed by atoms with Crippen LogP contribution in [0.3, 0.4) is 0 Å². The monoisotopic (exact) mass is 307 g/mol. The van der Waals surface area contributed by atoms with Crippen molar-refractivity contribution in [3.63, 3.8) is 0 Å². The normalized spacial score (nSPS) is 14.8. The summed E-state index contributed by atoms with van der Waals surface area (Å²) in [5, 5.41) is 0. The Morgan fingerprint density at radius 1 is 1.04 bits per heavy atom. The Balaban J connectivity index is 2.01. The standard InChI is InChI=1S/C20H21NO2/c1-2-23-20(22)19(17-13-14-17)21-18(15-9-5-3-6-10-15)16-11-7-4-8-12-16/h3-12,17,19H,2,13-14H2,1H3. The van der Waals surface area contributed by atoms with Gasteiger partial charge >= 0.3 is 5.97 Å². The van der Waals surface area contributed by atoms with Crippen molar-refractivity contribution in [2.75, 3.05) is 6.61 Å². The average molecular weight is 307 g/mol. The van der Waals surface area contributed by atoms with Crippen LogP contribution in [-0.2, 0) is 9.53 Å². The minimum atomic E-state index is -0.398. The van der Waals surface area contributed by atoms with Gasteiger partial charge in [-0.05, 0) is 25.7 Å². The van der Waals surface area contributed by atoms with Crippen molar-refractivity contribution in [3.05, 3.63) is 71.8 Å². The van der Waals surface area contributed by atoms with Crippen molar-refractivity contribution in [1.82, 2.24) is 0 Å². The Bertz CT molecular complexity index is 634. The van der Waals surface area contributed by atoms with E-state index in [9.17, 15) is 4.79 Å². The first kappa shape index (κ1) is 15.5. The lowest BCUT2D eigenvalue weighted by Gasteiger charge is -2.14. The minimum Gasteiger partial charge on any atom is -0.464 e. The molecule has 0 bridgehead atoms. The second-order valence-electron chi connectivity index (χ2n) is 5.74. The highest BCUT2D eigenvalue weighted by atomic mass is 16.5. The van der Waals surface area contributed by atoms with Crippen LogP contribution in [0, 0.1) is 5.92 Å². The number of carbonyl (C=O) groups is 1. The van der Waals surface area contributed by atoms with Crippen LogP contribution in [0.5, 0.6) is 0 Å². The highest BCUT2D eigenvalue weighted by Crippen LogP contribution is 2.35. The minimum absolute atomic E-state index is 0.209. The van der Waals surface area contributed by atoms with Gasteiger partial charge in [-0.3, -0.25) is 4.99 Å². The summed E-state index contributed by atoms with van der Waals surface area (Å²) >= 11 is 0. The molecule has 23 heavy (non-hydrogen) atoms. The predicted octanol–water partition coefficient (Wildman–Crippen LogP) is 3.87. The molecule has 1 aliphatic rings. The van der Waals surface area contributed by atoms with Crippen molar-refractivity contribution < 1.29 is 9.53 Å². The molecule has 3 nitrogen and oxygen atoms in total. The molecule has 1 fully saturated rings. The SMILES string of the molecule is CCOC(=O)C(N=C(c1ccccc1)c1ccccc1)C1CC1. The smallest absolute Gasteiger partial charge is 0.331 e. The first-order valence-corrected chi connectivity index (χ1v) is 8.15. The van der Waals surface area contributed by atoms with Gasteiger partial charge in [0.25, 0.3) is 0 Å². The van der Waals surface area contributed by atoms with Crippen molar-refractivity contribution in [3.8, 4) is 0 Å². The summed E-state index contributed by atoms with van der Waals surface area (Å²) in [6.45, 7) is 2.23. The van der Waals surface area contributed by atoms with Gasteiger partial charge in [0.05, 0.1) is 12.3 Å². The van der Waals surface area contributed by atoms with Crippen LogP contribution < -0.4 is 0 Å². The summed E-state index contributed by atoms with van der Waals surface area (Å²) < 4.78 is 5.23. The molecule has 1 atom stereocenters. The quantitative estimate of drug-likeness (QED) is 0.600. The maximum atomic E-state index is 12.3. The number of hydrogen-bond donors (Lipinski definition) is 0. The highest BCUT2D eigenvalue weighted by molar-refractivity contribution is 6.13. The molecule has 0 radical (unpaired) electrons. The van der Waals surface area contributed by atoms with Crippen LogP contribution in [-0.4, -0.2) is 24.3 Å². The number of esters is 1. The van der Waals surface area contributed by atoms with E-state index in [4.69, 9.17) is 9.73 Å². The van der Waals surface area contributed by atoms with E-state index in [-0.39, 0.29) is 5.97 Å². The zero-order valence-corrected chi connectivity index (χ0v) is 13.3. The van der Waals surface area contributed by atoms with Gasteiger partial charge in [-0.15, -0.1) is 0 Å². The second kappa shape index (κ2) is 7.23. The molecule has 0 spiro atoms. The largest absolute Gasteiger partial charge is 0.464 e. The Morgan fingerprint density at radius 2 is 1.57 bits per heavy atom. The van der Waals surface area contributed by atoms with E-state index in [0.29, 0.717) is 12.5 Å². The first-order chi connectivity index (χ1) is 11.3. The maximum Gasteiger partial charge on any atom is 0.331 e. The van der Waals surface area contributed by atoms with Crippen LogP contribution in [0.1, 0.15) is 30.9 Å². The zero-order valence-electron chi connectivity index (χ0n) is 13.3. The number of rotatable bonds is 6. The molecule has 1 unspecified atom stereocenters. The molecule has 0 heterocycles. The third kappa shape index (κ3) is 3.86. The summed E-state index contributed by atoms with van der Waals surface area (Å²) in [5.41, 5.74) is 2.90. The number of benzene rings is 2. The van der Waals surface area contributed by atoms with E-state index in [0.717, 1.165) is 29.7 Å². The van der Waals surface area contributed by atoms with E-state index in [1.54, 1.807) is 0 Å². The molecule has 0 aliphatic heterocycles. The predicted molar refractivity (Wildman–Crippen MR) is 91.7 cm³/mol. The van der Waals surface area contributed by atoms with Gasteiger partial charge in [0.2, 0.25) is 0 Å². The molecule has 1 saturated carbocycles. The van der Waals surface area contributed by atoms with Gasteiger partial charge in [0.1, 0.15) is 0 Å². The van der Waals surface area contributed by atoms with Gasteiger partial charge in [0, 0.05) is 11.1 Å². The van der Waals surface area contributed by atoms with E-state index in [1.165, 1.54) is 0 Å². The summed E-state index contributed by atoms with van der Waals surface area (Å²) in [6, 6.07) is 19.6. The molecule has 0 amide bonds. The van der Waals surface area contributed by atoms with E-state index < -0.39 is 6.04 Å². The first-order valence-electron chi connectivity index (χ1n) is 8.15. The Morgan fingerprint density at radius 3 is 2.00 bits per heavy atom. The van der Waals surface area contributed by atoms with Crippen molar-refractivity contribution in [2.45, 2.75) is 25.8 Å². The van der Waals surface area contributed by atoms with Gasteiger partial charge in [-0.2, -0.15) is 0 Å². The van der Waals surface area contributed by atoms with E-state index >= 15 is 0 Å². The molecule has 2 aromatic carbocycles. The molecule has 0 N–H and O–H groups in total. The highest BCUT2D eigenvalue weighted by Gasteiger charge is 2.37. The molecular formula is C20H21NO2. The second-order valence-corrected chi connectivity index (χ2v) is 5.74. The van der Waals surface area contributed by atoms with Gasteiger partial charge in [0.15, 0.2) is 6.04 Å². The van der Waals surface area contributed by atoms with Crippen LogP contribution in [0.4, 0.5) is 0 Å². The molecule has 1 aliphatic carbocycles. The van der Waals surface area contributed by atoms with Crippen LogP contribution in [0.2, 0.25) is 0 Å². The van der Waals surface area contributed by atoms with Crippen LogP contribution >= 0.6 is 0 Å². The maximum absolute atomic E-state index is 12.3. The van der Waals surface area contributed by atoms with Crippen LogP contribution in [0.25, 0.3) is 0 Å². The van der Waals surface area contributed by atoms with Gasteiger partial charge in [-0.1, -0.05) is 60.7 Å². The van der Waals surface area contributed by atoms with Gasteiger partial charge < -0.3 is 4.74 Å². The van der Waals surface area contributed by atoms with E-state index in [2.05, 4.69) is 0 Å². The molecule has 2 aromatic rings. The molecule has 0 saturated heterocycles. The molecule has 118 valence electrons. The van der Waals surface area contributed by atoms with Crippen molar-refractivity contribution in [2.24, 2.45) is 10.9 Å². The Hall–Kier alpha value is -2.42. The fourth-order valence-electron chi connectivity index (χ4n) is 2.64. The van der Waals surface area contributed by atoms with Crippen molar-refractivity contribution in [1.29, 1.82) is 0 Å². The molecule has 3 heteroatoms. The molecule has 0 aromatic heterocycles. The Labute approximate surface area is 137 Å². The lowest BCUT2D eigenvalue weighted by Crippen LogP contribution is -2.25. The third-order valence-electron chi connectivity index (χ3n) is 3.96. The van der Waals surface area contributed by atoms with Gasteiger partial charge in [-0.25, -0.2) is 4.79 Å². The fraction of sp³-hybridized carbons (Fsp3) is 0.300. The summed E-state index contributed by atoms with van der Waals surface area (Å²) in [5.74, 6) is 0.107. The summed E-state index contributed by atoms with van der Waals surface area (Å²) in [6.07, 6.45) is 2.09. The zero-order chi connectivity index (χ0) is 16.1. The number of carbonyl (C=O) groups excluding carboxylic acids is 1. The number of nitrogens with zero attached hydrogens (tertiary/aromatic N) is 1. The van der Waals surface area contributed by atoms with Crippen LogP contribution in [0.15, 0.2) is 65.7 Å². The van der Waals surface area contributed by atoms with Crippen molar-refractivity contribution >= 4 is 11.7 Å². The summed E-state index contributed by atoms with van der Waals surface area (Å²) in [7, 11) is 0. The summed E-state index contributed by atoms with van der Waals surface area (Å²) in [4.78, 5) is 17.1.